The minimum atomic E-state index is -4.04. The Morgan fingerprint density at radius 2 is 1.74 bits per heavy atom. The molecule has 9 nitrogen and oxygen atoms in total. The molecule has 0 aromatic heterocycles. The molecule has 0 amide bonds. The van der Waals surface area contributed by atoms with Crippen LogP contribution in [0.15, 0.2) is 76.8 Å². The number of carboxylic acid groups (broad SMARTS) is 1. The molecule has 1 aliphatic heterocycles. The molecule has 228 valence electrons. The van der Waals surface area contributed by atoms with Gasteiger partial charge in [-0.2, -0.15) is 4.72 Å². The van der Waals surface area contributed by atoms with Gasteiger partial charge in [0.05, 0.1) is 17.4 Å². The fourth-order valence-corrected chi connectivity index (χ4v) is 7.52. The van der Waals surface area contributed by atoms with Gasteiger partial charge in [-0.15, -0.1) is 0 Å². The summed E-state index contributed by atoms with van der Waals surface area (Å²) in [5.74, 6) is -1.15. The second kappa shape index (κ2) is 13.0. The van der Waals surface area contributed by atoms with Crippen LogP contribution in [0, 0.1) is 26.7 Å². The van der Waals surface area contributed by atoms with Crippen molar-refractivity contribution in [3.63, 3.8) is 0 Å². The van der Waals surface area contributed by atoms with Gasteiger partial charge < -0.3 is 15.2 Å². The van der Waals surface area contributed by atoms with E-state index >= 15 is 0 Å². The maximum absolute atomic E-state index is 13.2. The molecule has 10 heteroatoms. The standard InChI is InChI=1S/C33H38N2O7S/c1-5-40-33-28(19-41-42-33)27-13-14-29(27)34-26-8-6-7-25(18-26)24-11-9-23(10-12-24)17-30(32(36)37)35-43(38,39)31-21(3)15-20(2)16-22(31)4/h6-12,15-16,18,28,30,33-35H,5,13-14,17,19H2,1-4H3,(H,36,37)/t28?,30-,33?/m0/s1. The smallest absolute Gasteiger partial charge is 0.322 e. The average Bonchev–Trinajstić information content (AvgIpc) is 3.37. The number of allylic oxidation sites excluding steroid dienone is 1. The molecule has 3 aromatic rings. The summed E-state index contributed by atoms with van der Waals surface area (Å²) < 4.78 is 34.5. The number of hydrogen-bond donors (Lipinski definition) is 3. The van der Waals surface area contributed by atoms with Crippen molar-refractivity contribution in [2.75, 3.05) is 18.5 Å². The number of hydrogen-bond acceptors (Lipinski definition) is 7. The van der Waals surface area contributed by atoms with Crippen LogP contribution in [0.25, 0.3) is 11.1 Å². The number of carboxylic acids is 1. The molecule has 3 aromatic carbocycles. The summed E-state index contributed by atoms with van der Waals surface area (Å²) >= 11 is 0. The van der Waals surface area contributed by atoms with Gasteiger partial charge in [0.1, 0.15) is 6.04 Å². The number of anilines is 1. The van der Waals surface area contributed by atoms with Crippen LogP contribution in [0.1, 0.15) is 42.0 Å². The van der Waals surface area contributed by atoms with E-state index in [0.29, 0.717) is 29.9 Å². The lowest BCUT2D eigenvalue weighted by Crippen LogP contribution is -2.42. The first kappa shape index (κ1) is 30.9. The summed E-state index contributed by atoms with van der Waals surface area (Å²) in [5, 5.41) is 13.4. The van der Waals surface area contributed by atoms with Crippen LogP contribution < -0.4 is 10.0 Å². The van der Waals surface area contributed by atoms with Crippen LogP contribution in [0.5, 0.6) is 0 Å². The Balaban J connectivity index is 1.28. The van der Waals surface area contributed by atoms with Gasteiger partial charge in [-0.1, -0.05) is 54.1 Å². The zero-order chi connectivity index (χ0) is 30.7. The second-order valence-corrected chi connectivity index (χ2v) is 12.8. The first-order valence-electron chi connectivity index (χ1n) is 14.5. The molecule has 0 bridgehead atoms. The molecule has 1 saturated heterocycles. The first-order valence-corrected chi connectivity index (χ1v) is 15.9. The molecule has 5 rings (SSSR count). The van der Waals surface area contributed by atoms with Gasteiger partial charge in [0, 0.05) is 18.0 Å². The number of aliphatic carboxylic acids is 1. The van der Waals surface area contributed by atoms with E-state index < -0.39 is 22.0 Å². The Hall–Kier alpha value is -3.54. The van der Waals surface area contributed by atoms with E-state index in [1.807, 2.05) is 56.3 Å². The van der Waals surface area contributed by atoms with Gasteiger partial charge >= 0.3 is 5.97 Å². The molecule has 0 radical (unpaired) electrons. The van der Waals surface area contributed by atoms with E-state index in [9.17, 15) is 18.3 Å². The second-order valence-electron chi connectivity index (χ2n) is 11.2. The van der Waals surface area contributed by atoms with Crippen molar-refractivity contribution in [2.24, 2.45) is 5.92 Å². The molecule has 0 saturated carbocycles. The van der Waals surface area contributed by atoms with Crippen molar-refractivity contribution < 1.29 is 32.8 Å². The molecule has 2 aliphatic rings. The van der Waals surface area contributed by atoms with Gasteiger partial charge in [-0.3, -0.25) is 4.79 Å². The quantitative estimate of drug-likeness (QED) is 0.226. The Morgan fingerprint density at radius 3 is 2.37 bits per heavy atom. The number of rotatable bonds is 12. The van der Waals surface area contributed by atoms with Crippen molar-refractivity contribution >= 4 is 21.7 Å². The monoisotopic (exact) mass is 606 g/mol. The van der Waals surface area contributed by atoms with E-state index in [2.05, 4.69) is 16.1 Å². The van der Waals surface area contributed by atoms with Gasteiger partial charge in [0.25, 0.3) is 0 Å². The largest absolute Gasteiger partial charge is 0.480 e. The van der Waals surface area contributed by atoms with E-state index in [-0.39, 0.29) is 23.5 Å². The SMILES string of the molecule is CCOC1OOCC1C1=C(Nc2cccc(-c3ccc(C[C@H](NS(=O)(=O)c4c(C)cc(C)cc4C)C(=O)O)cc3)c2)CC1. The maximum Gasteiger partial charge on any atom is 0.322 e. The number of carbonyl (C=O) groups is 1. The lowest BCUT2D eigenvalue weighted by atomic mass is 9.83. The number of nitrogens with one attached hydrogen (secondary N) is 2. The molecule has 3 N–H and O–H groups in total. The van der Waals surface area contributed by atoms with Gasteiger partial charge in [-0.25, -0.2) is 18.2 Å². The molecule has 3 atom stereocenters. The normalized spacial score (nSPS) is 19.3. The number of ether oxygens (including phenoxy) is 1. The van der Waals surface area contributed by atoms with Crippen LogP contribution >= 0.6 is 0 Å². The number of sulfonamides is 1. The summed E-state index contributed by atoms with van der Waals surface area (Å²) in [6, 6.07) is 17.8. The minimum absolute atomic E-state index is 0.00859. The predicted molar refractivity (Wildman–Crippen MR) is 164 cm³/mol. The molecule has 1 heterocycles. The number of benzene rings is 3. The van der Waals surface area contributed by atoms with Crippen LogP contribution in [-0.4, -0.2) is 45.0 Å². The Morgan fingerprint density at radius 1 is 1.02 bits per heavy atom. The molecule has 1 fully saturated rings. The van der Waals surface area contributed by atoms with Crippen molar-refractivity contribution in [3.8, 4) is 11.1 Å². The van der Waals surface area contributed by atoms with Crippen molar-refractivity contribution in [3.05, 3.63) is 94.2 Å². The van der Waals surface area contributed by atoms with Crippen molar-refractivity contribution in [1.29, 1.82) is 0 Å². The van der Waals surface area contributed by atoms with Crippen LogP contribution in [0.3, 0.4) is 0 Å². The Labute approximate surface area is 252 Å². The lowest BCUT2D eigenvalue weighted by Gasteiger charge is -2.30. The number of aryl methyl sites for hydroxylation is 3. The zero-order valence-corrected chi connectivity index (χ0v) is 25.7. The van der Waals surface area contributed by atoms with Crippen LogP contribution in [0.2, 0.25) is 0 Å². The highest BCUT2D eigenvalue weighted by Crippen LogP contribution is 2.39. The lowest BCUT2D eigenvalue weighted by molar-refractivity contribution is -0.328. The first-order chi connectivity index (χ1) is 20.6. The zero-order valence-electron chi connectivity index (χ0n) is 24.8. The highest BCUT2D eigenvalue weighted by molar-refractivity contribution is 7.89. The van der Waals surface area contributed by atoms with Gasteiger partial charge in [-0.05, 0) is 92.5 Å². The summed E-state index contributed by atoms with van der Waals surface area (Å²) in [5.41, 5.74) is 8.16. The van der Waals surface area contributed by atoms with E-state index in [1.54, 1.807) is 26.0 Å². The van der Waals surface area contributed by atoms with E-state index in [1.165, 1.54) is 5.57 Å². The van der Waals surface area contributed by atoms with Gasteiger partial charge in [0.2, 0.25) is 10.0 Å². The highest BCUT2D eigenvalue weighted by atomic mass is 32.2. The Kier molecular flexibility index (Phi) is 9.33. The van der Waals surface area contributed by atoms with Crippen molar-refractivity contribution in [1.82, 2.24) is 4.72 Å². The average molecular weight is 607 g/mol. The summed E-state index contributed by atoms with van der Waals surface area (Å²) in [4.78, 5) is 22.7. The third-order valence-corrected chi connectivity index (χ3v) is 9.68. The Bertz CT molecular complexity index is 1610. The maximum atomic E-state index is 13.2. The molecular formula is C33H38N2O7S. The molecule has 2 unspecified atom stereocenters. The van der Waals surface area contributed by atoms with Crippen molar-refractivity contribution in [2.45, 2.75) is 64.2 Å². The fraction of sp³-hybridized carbons (Fsp3) is 0.364. The summed E-state index contributed by atoms with van der Waals surface area (Å²) in [6.07, 6.45) is 1.55. The van der Waals surface area contributed by atoms with E-state index in [0.717, 1.165) is 40.9 Å². The molecular weight excluding hydrogens is 568 g/mol. The third kappa shape index (κ3) is 7.00. The molecule has 1 aliphatic carbocycles. The minimum Gasteiger partial charge on any atom is -0.480 e. The topological polar surface area (TPSA) is 123 Å². The molecule has 43 heavy (non-hydrogen) atoms. The summed E-state index contributed by atoms with van der Waals surface area (Å²) in [7, 11) is -4.04. The predicted octanol–water partition coefficient (Wildman–Crippen LogP) is 5.65. The van der Waals surface area contributed by atoms with E-state index in [4.69, 9.17) is 14.5 Å². The third-order valence-electron chi connectivity index (χ3n) is 7.90. The fourth-order valence-electron chi connectivity index (χ4n) is 5.88. The summed E-state index contributed by atoms with van der Waals surface area (Å²) in [6.45, 7) is 8.29. The van der Waals surface area contributed by atoms with Gasteiger partial charge in [0.15, 0.2) is 6.29 Å². The highest BCUT2D eigenvalue weighted by Gasteiger charge is 2.38. The molecule has 0 spiro atoms. The van der Waals surface area contributed by atoms with Crippen LogP contribution in [0.4, 0.5) is 5.69 Å². The van der Waals surface area contributed by atoms with Crippen LogP contribution in [-0.2, 0) is 35.8 Å².